The Labute approximate surface area is 127 Å². The van der Waals surface area contributed by atoms with Gasteiger partial charge in [0.15, 0.2) is 0 Å². The van der Waals surface area contributed by atoms with E-state index in [9.17, 15) is 4.79 Å². The minimum Gasteiger partial charge on any atom is -0.446 e. The van der Waals surface area contributed by atoms with Crippen LogP contribution in [-0.2, 0) is 11.3 Å². The van der Waals surface area contributed by atoms with E-state index in [0.717, 1.165) is 32.5 Å². The van der Waals surface area contributed by atoms with Gasteiger partial charge in [0.25, 0.3) is 0 Å². The quantitative estimate of drug-likeness (QED) is 0.929. The molecule has 21 heavy (non-hydrogen) atoms. The van der Waals surface area contributed by atoms with E-state index in [1.807, 2.05) is 26.8 Å². The first-order chi connectivity index (χ1) is 9.92. The van der Waals surface area contributed by atoms with Gasteiger partial charge in [-0.3, -0.25) is 4.90 Å². The van der Waals surface area contributed by atoms with Gasteiger partial charge in [0.1, 0.15) is 6.10 Å². The number of amides is 1. The second-order valence-corrected chi connectivity index (χ2v) is 6.74. The van der Waals surface area contributed by atoms with Gasteiger partial charge in [0, 0.05) is 25.2 Å². The van der Waals surface area contributed by atoms with Gasteiger partial charge in [-0.15, -0.1) is 0 Å². The molecule has 1 aliphatic heterocycles. The van der Waals surface area contributed by atoms with Crippen LogP contribution in [0.1, 0.15) is 39.2 Å². The van der Waals surface area contributed by atoms with E-state index in [1.54, 1.807) is 0 Å². The number of hydrogen-bond donors (Lipinski definition) is 1. The summed E-state index contributed by atoms with van der Waals surface area (Å²) < 4.78 is 5.49. The lowest BCUT2D eigenvalue weighted by Crippen LogP contribution is -2.44. The molecule has 1 saturated heterocycles. The highest BCUT2D eigenvalue weighted by molar-refractivity contribution is 5.68. The summed E-state index contributed by atoms with van der Waals surface area (Å²) in [6.45, 7) is 8.79. The SMILES string of the molecule is CC(C)(C)NC(=O)OC1CCN(Cc2ccccc2)CC1. The zero-order valence-corrected chi connectivity index (χ0v) is 13.3. The molecule has 0 radical (unpaired) electrons. The van der Waals surface area contributed by atoms with Crippen LogP contribution >= 0.6 is 0 Å². The second-order valence-electron chi connectivity index (χ2n) is 6.74. The normalized spacial score (nSPS) is 17.5. The molecule has 0 aromatic heterocycles. The lowest BCUT2D eigenvalue weighted by molar-refractivity contribution is 0.0452. The van der Waals surface area contributed by atoms with Crippen molar-refractivity contribution < 1.29 is 9.53 Å². The Morgan fingerprint density at radius 1 is 1.24 bits per heavy atom. The average Bonchev–Trinajstić information content (AvgIpc) is 2.40. The van der Waals surface area contributed by atoms with Crippen molar-refractivity contribution in [3.63, 3.8) is 0 Å². The van der Waals surface area contributed by atoms with E-state index in [-0.39, 0.29) is 17.7 Å². The Bertz CT molecular complexity index is 446. The molecule has 116 valence electrons. The van der Waals surface area contributed by atoms with E-state index in [4.69, 9.17) is 4.74 Å². The van der Waals surface area contributed by atoms with Gasteiger partial charge in [-0.2, -0.15) is 0 Å². The third-order valence-corrected chi connectivity index (χ3v) is 3.53. The Kier molecular flexibility index (Phi) is 5.23. The van der Waals surface area contributed by atoms with Crippen molar-refractivity contribution in [3.8, 4) is 0 Å². The van der Waals surface area contributed by atoms with Gasteiger partial charge in [-0.05, 0) is 39.2 Å². The fraction of sp³-hybridized carbons (Fsp3) is 0.588. The molecule has 1 heterocycles. The Morgan fingerprint density at radius 3 is 2.43 bits per heavy atom. The second kappa shape index (κ2) is 6.94. The Balaban J connectivity index is 1.72. The smallest absolute Gasteiger partial charge is 0.407 e. The minimum atomic E-state index is -0.302. The van der Waals surface area contributed by atoms with Crippen LogP contribution in [0.5, 0.6) is 0 Å². The number of carbonyl (C=O) groups is 1. The van der Waals surface area contributed by atoms with Crippen molar-refractivity contribution in [2.45, 2.75) is 51.8 Å². The van der Waals surface area contributed by atoms with Crippen LogP contribution in [-0.4, -0.2) is 35.7 Å². The summed E-state index contributed by atoms with van der Waals surface area (Å²) in [6.07, 6.45) is 1.55. The molecule has 0 bridgehead atoms. The minimum absolute atomic E-state index is 0.0411. The lowest BCUT2D eigenvalue weighted by Gasteiger charge is -2.32. The molecule has 0 spiro atoms. The van der Waals surface area contributed by atoms with Crippen molar-refractivity contribution in [1.29, 1.82) is 0 Å². The van der Waals surface area contributed by atoms with Crippen LogP contribution in [0.3, 0.4) is 0 Å². The third kappa shape index (κ3) is 5.76. The molecule has 4 heteroatoms. The van der Waals surface area contributed by atoms with Gasteiger partial charge >= 0.3 is 6.09 Å². The molecule has 1 fully saturated rings. The van der Waals surface area contributed by atoms with E-state index in [1.165, 1.54) is 5.56 Å². The predicted octanol–water partition coefficient (Wildman–Crippen LogP) is 3.18. The van der Waals surface area contributed by atoms with E-state index in [0.29, 0.717) is 0 Å². The number of nitrogens with one attached hydrogen (secondary N) is 1. The van der Waals surface area contributed by atoms with Crippen LogP contribution in [0.25, 0.3) is 0 Å². The van der Waals surface area contributed by atoms with Gasteiger partial charge < -0.3 is 10.1 Å². The zero-order valence-electron chi connectivity index (χ0n) is 13.3. The van der Waals surface area contributed by atoms with E-state index < -0.39 is 0 Å². The van der Waals surface area contributed by atoms with E-state index in [2.05, 4.69) is 34.5 Å². The number of hydrogen-bond acceptors (Lipinski definition) is 3. The summed E-state index contributed by atoms with van der Waals surface area (Å²) >= 11 is 0. The number of nitrogens with zero attached hydrogens (tertiary/aromatic N) is 1. The van der Waals surface area contributed by atoms with Crippen LogP contribution in [0.15, 0.2) is 30.3 Å². The maximum atomic E-state index is 11.8. The molecule has 1 aromatic carbocycles. The molecule has 2 rings (SSSR count). The highest BCUT2D eigenvalue weighted by atomic mass is 16.6. The van der Waals surface area contributed by atoms with Crippen LogP contribution in [0.2, 0.25) is 0 Å². The van der Waals surface area contributed by atoms with Crippen molar-refractivity contribution in [1.82, 2.24) is 10.2 Å². The molecule has 0 aliphatic carbocycles. The summed E-state index contributed by atoms with van der Waals surface area (Å²) in [5.74, 6) is 0. The number of carbonyl (C=O) groups excluding carboxylic acids is 1. The number of piperidine rings is 1. The van der Waals surface area contributed by atoms with Gasteiger partial charge in [-0.1, -0.05) is 30.3 Å². The molecule has 1 N–H and O–H groups in total. The number of likely N-dealkylation sites (tertiary alicyclic amines) is 1. The van der Waals surface area contributed by atoms with Gasteiger partial charge in [-0.25, -0.2) is 4.79 Å². The molecular weight excluding hydrogens is 264 g/mol. The van der Waals surface area contributed by atoms with Gasteiger partial charge in [0.05, 0.1) is 0 Å². The first kappa shape index (κ1) is 15.8. The highest BCUT2D eigenvalue weighted by Gasteiger charge is 2.23. The molecule has 1 amide bonds. The lowest BCUT2D eigenvalue weighted by atomic mass is 10.1. The number of ether oxygens (including phenoxy) is 1. The Morgan fingerprint density at radius 2 is 1.86 bits per heavy atom. The maximum Gasteiger partial charge on any atom is 0.407 e. The molecular formula is C17H26N2O2. The van der Waals surface area contributed by atoms with Crippen LogP contribution < -0.4 is 5.32 Å². The molecule has 0 unspecified atom stereocenters. The topological polar surface area (TPSA) is 41.6 Å². The fourth-order valence-electron chi connectivity index (χ4n) is 2.51. The largest absolute Gasteiger partial charge is 0.446 e. The number of alkyl carbamates (subject to hydrolysis) is 1. The van der Waals surface area contributed by atoms with E-state index >= 15 is 0 Å². The molecule has 4 nitrogen and oxygen atoms in total. The molecule has 0 atom stereocenters. The number of rotatable bonds is 3. The molecule has 0 saturated carbocycles. The predicted molar refractivity (Wildman–Crippen MR) is 84.1 cm³/mol. The monoisotopic (exact) mass is 290 g/mol. The van der Waals surface area contributed by atoms with Gasteiger partial charge in [0.2, 0.25) is 0 Å². The highest BCUT2D eigenvalue weighted by Crippen LogP contribution is 2.16. The first-order valence-electron chi connectivity index (χ1n) is 7.67. The van der Waals surface area contributed by atoms with Crippen molar-refractivity contribution in [2.75, 3.05) is 13.1 Å². The summed E-state index contributed by atoms with van der Waals surface area (Å²) in [6, 6.07) is 10.5. The zero-order chi connectivity index (χ0) is 15.3. The first-order valence-corrected chi connectivity index (χ1v) is 7.67. The maximum absolute atomic E-state index is 11.8. The summed E-state index contributed by atoms with van der Waals surface area (Å²) in [4.78, 5) is 14.2. The standard InChI is InChI=1S/C17H26N2O2/c1-17(2,3)18-16(20)21-15-9-11-19(12-10-15)13-14-7-5-4-6-8-14/h4-8,15H,9-13H2,1-3H3,(H,18,20). The van der Waals surface area contributed by atoms with Crippen molar-refractivity contribution in [2.24, 2.45) is 0 Å². The van der Waals surface area contributed by atoms with Crippen LogP contribution in [0.4, 0.5) is 4.79 Å². The third-order valence-electron chi connectivity index (χ3n) is 3.53. The van der Waals surface area contributed by atoms with Crippen molar-refractivity contribution >= 4 is 6.09 Å². The van der Waals surface area contributed by atoms with Crippen molar-refractivity contribution in [3.05, 3.63) is 35.9 Å². The van der Waals surface area contributed by atoms with Crippen LogP contribution in [0, 0.1) is 0 Å². The molecule has 1 aromatic rings. The molecule has 1 aliphatic rings. The average molecular weight is 290 g/mol. The summed E-state index contributed by atoms with van der Waals surface area (Å²) in [5, 5.41) is 2.84. The Hall–Kier alpha value is -1.55. The fourth-order valence-corrected chi connectivity index (χ4v) is 2.51. The summed E-state index contributed by atoms with van der Waals surface area (Å²) in [7, 11) is 0. The summed E-state index contributed by atoms with van der Waals surface area (Å²) in [5.41, 5.74) is 1.09. The number of benzene rings is 1.